The summed E-state index contributed by atoms with van der Waals surface area (Å²) >= 11 is 0. The molecule has 1 rings (SSSR count). The maximum absolute atomic E-state index is 12.3. The molecule has 1 aromatic rings. The van der Waals surface area contributed by atoms with Crippen LogP contribution in [0.1, 0.15) is 31.3 Å². The molecule has 1 aromatic heterocycles. The van der Waals surface area contributed by atoms with Gasteiger partial charge in [0.15, 0.2) is 0 Å². The van der Waals surface area contributed by atoms with Gasteiger partial charge in [0.2, 0.25) is 5.76 Å². The third-order valence-electron chi connectivity index (χ3n) is 1.17. The highest BCUT2D eigenvalue weighted by molar-refractivity contribution is 5.86. The van der Waals surface area contributed by atoms with Gasteiger partial charge >= 0.3 is 5.97 Å². The van der Waals surface area contributed by atoms with E-state index in [4.69, 9.17) is 4.74 Å². The lowest BCUT2D eigenvalue weighted by Crippen LogP contribution is -2.23. The van der Waals surface area contributed by atoms with Crippen LogP contribution in [0, 0.1) is 6.01 Å². The Labute approximate surface area is 75.5 Å². The van der Waals surface area contributed by atoms with E-state index in [1.54, 1.807) is 20.8 Å². The fourth-order valence-electron chi connectivity index (χ4n) is 0.752. The van der Waals surface area contributed by atoms with E-state index < -0.39 is 17.6 Å². The SMILES string of the molecule is CC(C)(C)OC(=O)c1ccc(F)o1. The van der Waals surface area contributed by atoms with Crippen molar-refractivity contribution in [3.8, 4) is 0 Å². The van der Waals surface area contributed by atoms with E-state index in [2.05, 4.69) is 4.42 Å². The van der Waals surface area contributed by atoms with Gasteiger partial charge < -0.3 is 9.15 Å². The summed E-state index contributed by atoms with van der Waals surface area (Å²) in [6.45, 7) is 5.18. The Bertz CT molecular complexity index is 309. The van der Waals surface area contributed by atoms with Crippen LogP contribution in [0.25, 0.3) is 0 Å². The summed E-state index contributed by atoms with van der Waals surface area (Å²) in [6, 6.07) is 1.52. The highest BCUT2D eigenvalue weighted by atomic mass is 19.1. The van der Waals surface area contributed by atoms with Crippen molar-refractivity contribution in [3.63, 3.8) is 0 Å². The van der Waals surface area contributed by atoms with E-state index in [9.17, 15) is 9.18 Å². The summed E-state index contributed by atoms with van der Waals surface area (Å²) in [5.41, 5.74) is -0.597. The zero-order chi connectivity index (χ0) is 10.1. The largest absolute Gasteiger partial charge is 0.454 e. The molecule has 0 fully saturated rings. The van der Waals surface area contributed by atoms with E-state index in [0.717, 1.165) is 6.07 Å². The fraction of sp³-hybridized carbons (Fsp3) is 0.444. The number of halogens is 1. The van der Waals surface area contributed by atoms with Crippen molar-refractivity contribution in [2.75, 3.05) is 0 Å². The van der Waals surface area contributed by atoms with Gasteiger partial charge in [-0.05, 0) is 26.8 Å². The van der Waals surface area contributed by atoms with Gasteiger partial charge in [0, 0.05) is 6.07 Å². The molecule has 0 amide bonds. The third kappa shape index (κ3) is 2.89. The Balaban J connectivity index is 2.70. The van der Waals surface area contributed by atoms with E-state index >= 15 is 0 Å². The second-order valence-electron chi connectivity index (χ2n) is 3.61. The lowest BCUT2D eigenvalue weighted by atomic mass is 10.2. The number of carbonyl (C=O) groups excluding carboxylic acids is 1. The Morgan fingerprint density at radius 2 is 2.08 bits per heavy atom. The summed E-state index contributed by atoms with van der Waals surface area (Å²) in [7, 11) is 0. The standard InChI is InChI=1S/C9H11FO3/c1-9(2,3)13-8(11)6-4-5-7(10)12-6/h4-5H,1-3H3. The first-order valence-corrected chi connectivity index (χ1v) is 3.87. The van der Waals surface area contributed by atoms with Gasteiger partial charge in [-0.15, -0.1) is 0 Å². The van der Waals surface area contributed by atoms with Crippen LogP contribution in [-0.4, -0.2) is 11.6 Å². The summed E-state index contributed by atoms with van der Waals surface area (Å²) in [4.78, 5) is 11.2. The van der Waals surface area contributed by atoms with Crippen LogP contribution in [0.2, 0.25) is 0 Å². The van der Waals surface area contributed by atoms with Gasteiger partial charge in [0.1, 0.15) is 5.60 Å². The van der Waals surface area contributed by atoms with Crippen LogP contribution < -0.4 is 0 Å². The van der Waals surface area contributed by atoms with Crippen molar-refractivity contribution in [1.29, 1.82) is 0 Å². The summed E-state index contributed by atoms with van der Waals surface area (Å²) < 4.78 is 21.7. The van der Waals surface area contributed by atoms with Crippen LogP contribution in [0.5, 0.6) is 0 Å². The Morgan fingerprint density at radius 1 is 1.46 bits per heavy atom. The lowest BCUT2D eigenvalue weighted by Gasteiger charge is -2.18. The highest BCUT2D eigenvalue weighted by Crippen LogP contribution is 2.13. The van der Waals surface area contributed by atoms with Crippen molar-refractivity contribution >= 4 is 5.97 Å². The van der Waals surface area contributed by atoms with Crippen molar-refractivity contribution in [2.24, 2.45) is 0 Å². The second kappa shape index (κ2) is 3.20. The molecule has 0 radical (unpaired) electrons. The van der Waals surface area contributed by atoms with Crippen molar-refractivity contribution in [2.45, 2.75) is 26.4 Å². The number of carbonyl (C=O) groups is 1. The first-order chi connectivity index (χ1) is 5.88. The molecule has 0 aliphatic heterocycles. The molecule has 0 spiro atoms. The van der Waals surface area contributed by atoms with E-state index in [-0.39, 0.29) is 5.76 Å². The van der Waals surface area contributed by atoms with Crippen molar-refractivity contribution < 1.29 is 18.3 Å². The number of esters is 1. The van der Waals surface area contributed by atoms with E-state index in [1.165, 1.54) is 6.07 Å². The van der Waals surface area contributed by atoms with Crippen LogP contribution in [0.15, 0.2) is 16.5 Å². The molecule has 72 valence electrons. The smallest absolute Gasteiger partial charge is 0.374 e. The predicted octanol–water partition coefficient (Wildman–Crippen LogP) is 2.37. The number of furan rings is 1. The average Bonchev–Trinajstić information content (AvgIpc) is 2.31. The average molecular weight is 186 g/mol. The first kappa shape index (κ1) is 9.77. The summed E-state index contributed by atoms with van der Waals surface area (Å²) in [5.74, 6) is -0.774. The van der Waals surface area contributed by atoms with Crippen LogP contribution in [-0.2, 0) is 4.74 Å². The van der Waals surface area contributed by atoms with Gasteiger partial charge in [-0.3, -0.25) is 0 Å². The molecule has 0 saturated heterocycles. The lowest BCUT2D eigenvalue weighted by molar-refractivity contribution is 0.00289. The quantitative estimate of drug-likeness (QED) is 0.632. The Hall–Kier alpha value is -1.32. The minimum Gasteiger partial charge on any atom is -0.454 e. The molecular formula is C9H11FO3. The molecule has 1 heterocycles. The first-order valence-electron chi connectivity index (χ1n) is 3.87. The van der Waals surface area contributed by atoms with Gasteiger partial charge in [-0.25, -0.2) is 4.79 Å². The normalized spacial score (nSPS) is 11.4. The number of rotatable bonds is 1. The molecular weight excluding hydrogens is 175 g/mol. The molecule has 0 bridgehead atoms. The van der Waals surface area contributed by atoms with Crippen LogP contribution >= 0.6 is 0 Å². The van der Waals surface area contributed by atoms with Crippen molar-refractivity contribution in [1.82, 2.24) is 0 Å². The number of hydrogen-bond donors (Lipinski definition) is 0. The minimum absolute atomic E-state index is 0.118. The molecule has 0 aliphatic carbocycles. The van der Waals surface area contributed by atoms with Gasteiger partial charge in [0.05, 0.1) is 0 Å². The Kier molecular flexibility index (Phi) is 2.40. The second-order valence-corrected chi connectivity index (χ2v) is 3.61. The van der Waals surface area contributed by atoms with Gasteiger partial charge in [-0.2, -0.15) is 4.39 Å². The molecule has 4 heteroatoms. The van der Waals surface area contributed by atoms with Gasteiger partial charge in [-0.1, -0.05) is 0 Å². The minimum atomic E-state index is -0.791. The third-order valence-corrected chi connectivity index (χ3v) is 1.17. The van der Waals surface area contributed by atoms with E-state index in [1.807, 2.05) is 0 Å². The zero-order valence-corrected chi connectivity index (χ0v) is 7.76. The maximum Gasteiger partial charge on any atom is 0.374 e. The maximum atomic E-state index is 12.3. The monoisotopic (exact) mass is 186 g/mol. The highest BCUT2D eigenvalue weighted by Gasteiger charge is 2.20. The fourth-order valence-corrected chi connectivity index (χ4v) is 0.752. The molecule has 13 heavy (non-hydrogen) atoms. The topological polar surface area (TPSA) is 39.4 Å². The van der Waals surface area contributed by atoms with Crippen LogP contribution in [0.3, 0.4) is 0 Å². The van der Waals surface area contributed by atoms with Crippen LogP contribution in [0.4, 0.5) is 4.39 Å². The molecule has 0 aromatic carbocycles. The van der Waals surface area contributed by atoms with Gasteiger partial charge in [0.25, 0.3) is 6.01 Å². The molecule has 3 nitrogen and oxygen atoms in total. The van der Waals surface area contributed by atoms with E-state index in [0.29, 0.717) is 0 Å². The van der Waals surface area contributed by atoms with Crippen molar-refractivity contribution in [3.05, 3.63) is 23.9 Å². The molecule has 0 atom stereocenters. The molecule has 0 aliphatic rings. The summed E-state index contributed by atoms with van der Waals surface area (Å²) in [6.07, 6.45) is 0. The molecule has 0 N–H and O–H groups in total. The molecule has 0 unspecified atom stereocenters. The zero-order valence-electron chi connectivity index (χ0n) is 7.76. The Morgan fingerprint density at radius 3 is 2.46 bits per heavy atom. The number of hydrogen-bond acceptors (Lipinski definition) is 3. The summed E-state index contributed by atoms with van der Waals surface area (Å²) in [5, 5.41) is 0. The predicted molar refractivity (Wildman–Crippen MR) is 43.8 cm³/mol. The molecule has 0 saturated carbocycles. The number of ether oxygens (including phenoxy) is 1.